The van der Waals surface area contributed by atoms with Crippen LogP contribution in [-0.4, -0.2) is 5.78 Å². The van der Waals surface area contributed by atoms with Crippen LogP contribution in [0.15, 0.2) is 35.5 Å². The van der Waals surface area contributed by atoms with E-state index in [1.54, 1.807) is 11.1 Å². The van der Waals surface area contributed by atoms with E-state index in [4.69, 9.17) is 0 Å². The number of nitriles is 1. The minimum atomic E-state index is -0.290. The third-order valence-corrected chi connectivity index (χ3v) is 11.8. The molecule has 2 fully saturated rings. The smallest absolute Gasteiger partial charge is 0.161 e. The van der Waals surface area contributed by atoms with Gasteiger partial charge < -0.3 is 0 Å². The Kier molecular flexibility index (Phi) is 4.35. The van der Waals surface area contributed by atoms with E-state index >= 15 is 0 Å². The lowest BCUT2D eigenvalue weighted by Gasteiger charge is -2.67. The highest BCUT2D eigenvalue weighted by Crippen LogP contribution is 2.73. The quantitative estimate of drug-likeness (QED) is 0.397. The van der Waals surface area contributed by atoms with Gasteiger partial charge in [-0.3, -0.25) is 4.79 Å². The Morgan fingerprint density at radius 3 is 2.31 bits per heavy atom. The van der Waals surface area contributed by atoms with Crippen molar-refractivity contribution in [1.82, 2.24) is 0 Å². The first-order valence-corrected chi connectivity index (χ1v) is 12.8. The Morgan fingerprint density at radius 1 is 0.938 bits per heavy atom. The van der Waals surface area contributed by atoms with Crippen molar-refractivity contribution in [3.05, 3.63) is 35.5 Å². The molecule has 7 atom stereocenters. The van der Waals surface area contributed by atoms with Gasteiger partial charge in [-0.1, -0.05) is 65.3 Å². The second-order valence-electron chi connectivity index (χ2n) is 13.8. The third kappa shape index (κ3) is 2.49. The van der Waals surface area contributed by atoms with E-state index in [1.165, 1.54) is 19.3 Å². The first kappa shape index (κ1) is 22.2. The second kappa shape index (κ2) is 6.28. The van der Waals surface area contributed by atoms with Gasteiger partial charge in [0.2, 0.25) is 0 Å². The van der Waals surface area contributed by atoms with Gasteiger partial charge >= 0.3 is 0 Å². The molecule has 0 saturated heterocycles. The fourth-order valence-corrected chi connectivity index (χ4v) is 9.10. The Bertz CT molecular complexity index is 1020. The molecular formula is C30H41NO. The average Bonchev–Trinajstić information content (AvgIpc) is 2.73. The number of carbonyl (C=O) groups excluding carboxylic acids is 1. The minimum Gasteiger partial charge on any atom is -0.294 e. The van der Waals surface area contributed by atoms with Gasteiger partial charge in [0.1, 0.15) is 0 Å². The van der Waals surface area contributed by atoms with Gasteiger partial charge in [0, 0.05) is 5.41 Å². The molecule has 0 aliphatic heterocycles. The van der Waals surface area contributed by atoms with Crippen LogP contribution in [0.5, 0.6) is 0 Å². The lowest BCUT2D eigenvalue weighted by Crippen LogP contribution is -2.61. The van der Waals surface area contributed by atoms with Crippen LogP contribution in [0.25, 0.3) is 0 Å². The molecule has 32 heavy (non-hydrogen) atoms. The normalized spacial score (nSPS) is 51.2. The van der Waals surface area contributed by atoms with Crippen molar-refractivity contribution in [2.75, 3.05) is 0 Å². The van der Waals surface area contributed by atoms with E-state index in [9.17, 15) is 10.1 Å². The van der Waals surface area contributed by atoms with Crippen LogP contribution in [0.4, 0.5) is 0 Å². The summed E-state index contributed by atoms with van der Waals surface area (Å²) in [5, 5.41) is 9.93. The van der Waals surface area contributed by atoms with E-state index in [2.05, 4.69) is 72.8 Å². The minimum absolute atomic E-state index is 0.00853. The van der Waals surface area contributed by atoms with Crippen LogP contribution in [0.1, 0.15) is 93.4 Å². The van der Waals surface area contributed by atoms with Gasteiger partial charge in [-0.2, -0.15) is 5.26 Å². The summed E-state index contributed by atoms with van der Waals surface area (Å²) in [5.74, 6) is 1.12. The molecule has 0 N–H and O–H groups in total. The maximum atomic E-state index is 12.8. The number of fused-ring (bicyclic) bond motifs is 6. The van der Waals surface area contributed by atoms with Crippen molar-refractivity contribution < 1.29 is 4.79 Å². The highest BCUT2D eigenvalue weighted by atomic mass is 16.1. The van der Waals surface area contributed by atoms with Crippen molar-refractivity contribution in [3.8, 4) is 6.07 Å². The van der Waals surface area contributed by atoms with Crippen LogP contribution in [-0.2, 0) is 4.79 Å². The molecule has 2 saturated carbocycles. The van der Waals surface area contributed by atoms with Crippen molar-refractivity contribution in [1.29, 1.82) is 5.26 Å². The molecule has 0 bridgehead atoms. The van der Waals surface area contributed by atoms with Crippen LogP contribution < -0.4 is 0 Å². The molecule has 0 amide bonds. The average molecular weight is 432 g/mol. The second-order valence-corrected chi connectivity index (χ2v) is 13.8. The van der Waals surface area contributed by atoms with Gasteiger partial charge in [0.25, 0.3) is 0 Å². The summed E-state index contributed by atoms with van der Waals surface area (Å²) in [6, 6.07) is 2.66. The Balaban J connectivity index is 1.68. The zero-order chi connectivity index (χ0) is 23.4. The largest absolute Gasteiger partial charge is 0.294 e. The summed E-state index contributed by atoms with van der Waals surface area (Å²) in [7, 11) is 0. The summed E-state index contributed by atoms with van der Waals surface area (Å²) in [4.78, 5) is 12.8. The molecule has 0 aromatic rings. The molecular weight excluding hydrogens is 390 g/mol. The highest BCUT2D eigenvalue weighted by Gasteiger charge is 2.65. The lowest BCUT2D eigenvalue weighted by atomic mass is 9.36. The van der Waals surface area contributed by atoms with Crippen LogP contribution in [0.3, 0.4) is 0 Å². The monoisotopic (exact) mass is 431 g/mol. The van der Waals surface area contributed by atoms with Gasteiger partial charge in [0.05, 0.1) is 11.5 Å². The standard InChI is InChI=1S/C30H41NO/c1-25(2)22-10-13-30(7)23(28(22,5)12-11-24(25)32)9-8-20-21-18-26(3,19-31)14-15-27(21,4)16-17-29(20,30)6/h8-9,11-12,22-23H,10,13-18H2,1-7H3/t22-,23+,26-,27+,28-,29+,30+/m0/s1. The van der Waals surface area contributed by atoms with Crippen molar-refractivity contribution in [2.24, 2.45) is 44.3 Å². The lowest BCUT2D eigenvalue weighted by molar-refractivity contribution is -0.143. The summed E-state index contributed by atoms with van der Waals surface area (Å²) in [6.07, 6.45) is 17.0. The summed E-state index contributed by atoms with van der Waals surface area (Å²) in [5.41, 5.74) is 3.17. The molecule has 5 rings (SSSR count). The van der Waals surface area contributed by atoms with Crippen LogP contribution >= 0.6 is 0 Å². The van der Waals surface area contributed by atoms with Crippen LogP contribution in [0, 0.1) is 55.7 Å². The number of nitrogens with zero attached hydrogens (tertiary/aromatic N) is 1. The maximum absolute atomic E-state index is 12.8. The predicted molar refractivity (Wildman–Crippen MR) is 130 cm³/mol. The Hall–Kier alpha value is -1.62. The number of carbonyl (C=O) groups is 1. The number of allylic oxidation sites excluding steroid dienone is 6. The number of hydrogen-bond acceptors (Lipinski definition) is 2. The number of hydrogen-bond donors (Lipinski definition) is 0. The first-order chi connectivity index (χ1) is 14.8. The highest BCUT2D eigenvalue weighted by molar-refractivity contribution is 5.95. The zero-order valence-electron chi connectivity index (χ0n) is 21.3. The maximum Gasteiger partial charge on any atom is 0.161 e. The van der Waals surface area contributed by atoms with E-state index in [0.29, 0.717) is 17.6 Å². The zero-order valence-corrected chi connectivity index (χ0v) is 21.3. The topological polar surface area (TPSA) is 40.9 Å². The summed E-state index contributed by atoms with van der Waals surface area (Å²) in [6.45, 7) is 16.5. The van der Waals surface area contributed by atoms with Crippen molar-refractivity contribution in [3.63, 3.8) is 0 Å². The fraction of sp³-hybridized carbons (Fsp3) is 0.733. The van der Waals surface area contributed by atoms with Gasteiger partial charge in [-0.05, 0) is 97.0 Å². The predicted octanol–water partition coefficient (Wildman–Crippen LogP) is 7.58. The van der Waals surface area contributed by atoms with Gasteiger partial charge in [-0.15, -0.1) is 0 Å². The first-order valence-electron chi connectivity index (χ1n) is 12.8. The summed E-state index contributed by atoms with van der Waals surface area (Å²) < 4.78 is 0. The van der Waals surface area contributed by atoms with E-state index in [0.717, 1.165) is 25.7 Å². The molecule has 0 aromatic heterocycles. The molecule has 5 aliphatic carbocycles. The molecule has 2 heteroatoms. The molecule has 0 heterocycles. The third-order valence-electron chi connectivity index (χ3n) is 11.8. The molecule has 172 valence electrons. The molecule has 5 aliphatic rings. The molecule has 0 unspecified atom stereocenters. The SMILES string of the molecule is CC1(C)C(=O)C=C[C@]2(C)[C@H]3C=CC4=C5C[C@@](C)(C#N)CC[C@]5(C)CC[C@@]4(C)[C@]3(C)CC[C@@H]12. The fourth-order valence-electron chi connectivity index (χ4n) is 9.10. The van der Waals surface area contributed by atoms with Gasteiger partial charge in [-0.25, -0.2) is 0 Å². The van der Waals surface area contributed by atoms with E-state index < -0.39 is 0 Å². The van der Waals surface area contributed by atoms with Crippen molar-refractivity contribution in [2.45, 2.75) is 93.4 Å². The molecule has 0 spiro atoms. The van der Waals surface area contributed by atoms with E-state index in [1.807, 2.05) is 6.08 Å². The summed E-state index contributed by atoms with van der Waals surface area (Å²) >= 11 is 0. The Labute approximate surface area is 195 Å². The van der Waals surface area contributed by atoms with Crippen molar-refractivity contribution >= 4 is 5.78 Å². The molecule has 2 nitrogen and oxygen atoms in total. The van der Waals surface area contributed by atoms with Crippen LogP contribution in [0.2, 0.25) is 0 Å². The Morgan fingerprint density at radius 2 is 1.62 bits per heavy atom. The number of rotatable bonds is 0. The van der Waals surface area contributed by atoms with E-state index in [-0.39, 0.29) is 32.5 Å². The molecule has 0 radical (unpaired) electrons. The number of ketones is 1. The van der Waals surface area contributed by atoms with Gasteiger partial charge in [0.15, 0.2) is 5.78 Å². The molecule has 0 aromatic carbocycles.